The molecule has 4 aromatic rings. The molecule has 7 nitrogen and oxygen atoms in total. The van der Waals surface area contributed by atoms with Crippen molar-refractivity contribution in [2.45, 2.75) is 0 Å². The van der Waals surface area contributed by atoms with E-state index in [2.05, 4.69) is 39.2 Å². The van der Waals surface area contributed by atoms with Crippen LogP contribution in [0.4, 0.5) is 0 Å². The molecule has 0 saturated carbocycles. The van der Waals surface area contributed by atoms with E-state index in [-0.39, 0.29) is 11.4 Å². The fourth-order valence-corrected chi connectivity index (χ4v) is 2.35. The van der Waals surface area contributed by atoms with Crippen molar-refractivity contribution in [1.29, 1.82) is 0 Å². The molecule has 0 aliphatic heterocycles. The lowest BCUT2D eigenvalue weighted by atomic mass is 10.1. The Morgan fingerprint density at radius 1 is 0.654 bits per heavy atom. The summed E-state index contributed by atoms with van der Waals surface area (Å²) in [4.78, 5) is 32.7. The highest BCUT2D eigenvalue weighted by atomic mass is 16.4. The van der Waals surface area contributed by atoms with Crippen molar-refractivity contribution >= 4 is 33.7 Å². The molecule has 26 heavy (non-hydrogen) atoms. The third kappa shape index (κ3) is 3.62. The van der Waals surface area contributed by atoms with Gasteiger partial charge in [0.2, 0.25) is 0 Å². The Kier molecular flexibility index (Phi) is 4.80. The quantitative estimate of drug-likeness (QED) is 0.535. The molecule has 7 heteroatoms. The predicted octanol–water partition coefficient (Wildman–Crippen LogP) is 3.26. The summed E-state index contributed by atoms with van der Waals surface area (Å²) in [6.45, 7) is 0. The minimum Gasteiger partial charge on any atom is -0.477 e. The molecule has 3 heterocycles. The van der Waals surface area contributed by atoms with Crippen LogP contribution in [-0.2, 0) is 0 Å². The first-order chi connectivity index (χ1) is 12.6. The topological polar surface area (TPSA) is 113 Å². The van der Waals surface area contributed by atoms with E-state index in [1.807, 2.05) is 12.1 Å². The summed E-state index contributed by atoms with van der Waals surface area (Å²) in [5, 5.41) is 19.1. The number of pyridine rings is 3. The Bertz CT molecular complexity index is 1030. The van der Waals surface area contributed by atoms with Crippen molar-refractivity contribution < 1.29 is 19.8 Å². The molecule has 0 unspecified atom stereocenters. The number of carboxylic acid groups (broad SMARTS) is 2. The van der Waals surface area contributed by atoms with Gasteiger partial charge in [-0.1, -0.05) is 30.3 Å². The van der Waals surface area contributed by atoms with Crippen LogP contribution in [0.15, 0.2) is 67.0 Å². The first-order valence-corrected chi connectivity index (χ1v) is 7.58. The van der Waals surface area contributed by atoms with Crippen molar-refractivity contribution in [3.05, 3.63) is 78.4 Å². The Balaban J connectivity index is 0.000000153. The summed E-state index contributed by atoms with van der Waals surface area (Å²) in [6, 6.07) is 15.9. The Labute approximate surface area is 147 Å². The maximum atomic E-state index is 10.3. The zero-order valence-electron chi connectivity index (χ0n) is 13.4. The fraction of sp³-hybridized carbons (Fsp3) is 0. The lowest BCUT2D eigenvalue weighted by Gasteiger charge is -2.00. The van der Waals surface area contributed by atoms with E-state index < -0.39 is 11.9 Å². The van der Waals surface area contributed by atoms with Crippen LogP contribution in [0.1, 0.15) is 21.0 Å². The Hall–Kier alpha value is -3.87. The standard InChI is InChI=1S/C12H8N2.C7H5NO4/c1-3-9-5-6-10-4-2-8-14-12(10)11(9)13-7-1;9-6(10)4-2-1-3-5(8-4)7(11)12/h1-8H;1-3H,(H,9,10)(H,11,12). The number of carbonyl (C=O) groups is 2. The second-order valence-electron chi connectivity index (χ2n) is 5.23. The lowest BCUT2D eigenvalue weighted by Crippen LogP contribution is -2.06. The maximum Gasteiger partial charge on any atom is 0.354 e. The van der Waals surface area contributed by atoms with E-state index in [0.717, 1.165) is 21.8 Å². The van der Waals surface area contributed by atoms with Gasteiger partial charge in [-0.15, -0.1) is 0 Å². The number of nitrogens with zero attached hydrogens (tertiary/aromatic N) is 3. The molecule has 0 bridgehead atoms. The first kappa shape index (κ1) is 17.0. The number of rotatable bonds is 2. The number of hydrogen-bond acceptors (Lipinski definition) is 5. The van der Waals surface area contributed by atoms with Crippen molar-refractivity contribution in [3.63, 3.8) is 0 Å². The molecule has 0 fully saturated rings. The molecule has 4 rings (SSSR count). The molecule has 3 aromatic heterocycles. The molecule has 0 spiro atoms. The van der Waals surface area contributed by atoms with Crippen LogP contribution >= 0.6 is 0 Å². The van der Waals surface area contributed by atoms with E-state index in [0.29, 0.717) is 0 Å². The normalized spacial score (nSPS) is 10.2. The van der Waals surface area contributed by atoms with Gasteiger partial charge in [0.05, 0.1) is 11.0 Å². The van der Waals surface area contributed by atoms with Crippen molar-refractivity contribution in [2.75, 3.05) is 0 Å². The molecular weight excluding hydrogens is 334 g/mol. The minimum atomic E-state index is -1.24. The monoisotopic (exact) mass is 347 g/mol. The molecule has 1 aromatic carbocycles. The summed E-state index contributed by atoms with van der Waals surface area (Å²) in [5.41, 5.74) is 1.42. The Morgan fingerprint density at radius 2 is 1.12 bits per heavy atom. The molecule has 0 saturated heterocycles. The number of hydrogen-bond donors (Lipinski definition) is 2. The largest absolute Gasteiger partial charge is 0.477 e. The third-order valence-electron chi connectivity index (χ3n) is 3.53. The summed E-state index contributed by atoms with van der Waals surface area (Å²) in [5.74, 6) is -2.48. The van der Waals surface area contributed by atoms with Crippen molar-refractivity contribution in [2.24, 2.45) is 0 Å². The van der Waals surface area contributed by atoms with Gasteiger partial charge in [0, 0.05) is 23.2 Å². The zero-order chi connectivity index (χ0) is 18.5. The summed E-state index contributed by atoms with van der Waals surface area (Å²) >= 11 is 0. The van der Waals surface area contributed by atoms with Gasteiger partial charge in [0.25, 0.3) is 0 Å². The molecule has 2 N–H and O–H groups in total. The van der Waals surface area contributed by atoms with Gasteiger partial charge in [0.15, 0.2) is 0 Å². The number of carboxylic acids is 2. The average molecular weight is 347 g/mol. The number of benzene rings is 1. The van der Waals surface area contributed by atoms with Crippen LogP contribution in [-0.4, -0.2) is 37.1 Å². The molecule has 128 valence electrons. The van der Waals surface area contributed by atoms with Crippen LogP contribution in [0.5, 0.6) is 0 Å². The van der Waals surface area contributed by atoms with E-state index in [9.17, 15) is 9.59 Å². The van der Waals surface area contributed by atoms with Gasteiger partial charge >= 0.3 is 11.9 Å². The highest BCUT2D eigenvalue weighted by Gasteiger charge is 2.08. The third-order valence-corrected chi connectivity index (χ3v) is 3.53. The second kappa shape index (κ2) is 7.35. The minimum absolute atomic E-state index is 0.269. The van der Waals surface area contributed by atoms with Gasteiger partial charge < -0.3 is 10.2 Å². The van der Waals surface area contributed by atoms with E-state index in [4.69, 9.17) is 10.2 Å². The van der Waals surface area contributed by atoms with Crippen molar-refractivity contribution in [3.8, 4) is 0 Å². The molecule has 0 aliphatic carbocycles. The molecule has 0 radical (unpaired) electrons. The van der Waals surface area contributed by atoms with Crippen LogP contribution in [0.3, 0.4) is 0 Å². The van der Waals surface area contributed by atoms with Gasteiger partial charge in [-0.2, -0.15) is 0 Å². The lowest BCUT2D eigenvalue weighted by molar-refractivity contribution is 0.0685. The maximum absolute atomic E-state index is 10.3. The smallest absolute Gasteiger partial charge is 0.354 e. The SMILES string of the molecule is O=C(O)c1cccc(C(=O)O)n1.c1cnc2c(c1)ccc1cccnc12. The first-order valence-electron chi connectivity index (χ1n) is 7.58. The van der Waals surface area contributed by atoms with Gasteiger partial charge in [0.1, 0.15) is 11.4 Å². The average Bonchev–Trinajstić information content (AvgIpc) is 2.68. The molecule has 0 atom stereocenters. The van der Waals surface area contributed by atoms with Crippen LogP contribution in [0.25, 0.3) is 21.8 Å². The number of fused-ring (bicyclic) bond motifs is 3. The summed E-state index contributed by atoms with van der Waals surface area (Å²) in [7, 11) is 0. The summed E-state index contributed by atoms with van der Waals surface area (Å²) in [6.07, 6.45) is 3.60. The van der Waals surface area contributed by atoms with Crippen molar-refractivity contribution in [1.82, 2.24) is 15.0 Å². The van der Waals surface area contributed by atoms with Gasteiger partial charge in [-0.25, -0.2) is 14.6 Å². The molecule has 0 aliphatic rings. The number of aromatic nitrogens is 3. The predicted molar refractivity (Wildman–Crippen MR) is 95.2 cm³/mol. The van der Waals surface area contributed by atoms with E-state index in [1.54, 1.807) is 12.4 Å². The van der Waals surface area contributed by atoms with Crippen LogP contribution < -0.4 is 0 Å². The van der Waals surface area contributed by atoms with E-state index in [1.165, 1.54) is 18.2 Å². The van der Waals surface area contributed by atoms with Gasteiger partial charge in [-0.3, -0.25) is 9.97 Å². The van der Waals surface area contributed by atoms with Gasteiger partial charge in [-0.05, 0) is 24.3 Å². The molecular formula is C19H13N3O4. The number of aromatic carboxylic acids is 2. The Morgan fingerprint density at radius 3 is 1.54 bits per heavy atom. The van der Waals surface area contributed by atoms with Crippen LogP contribution in [0.2, 0.25) is 0 Å². The van der Waals surface area contributed by atoms with E-state index >= 15 is 0 Å². The summed E-state index contributed by atoms with van der Waals surface area (Å²) < 4.78 is 0. The highest BCUT2D eigenvalue weighted by Crippen LogP contribution is 2.20. The zero-order valence-corrected chi connectivity index (χ0v) is 13.4. The second-order valence-corrected chi connectivity index (χ2v) is 5.23. The highest BCUT2D eigenvalue weighted by molar-refractivity contribution is 6.02. The van der Waals surface area contributed by atoms with Crippen LogP contribution in [0, 0.1) is 0 Å². The molecule has 0 amide bonds. The fourth-order valence-electron chi connectivity index (χ4n) is 2.35.